The number of nitrogens with zero attached hydrogens (tertiary/aromatic N) is 4. The fourth-order valence-electron chi connectivity index (χ4n) is 4.88. The first-order valence-electron chi connectivity index (χ1n) is 9.83. The molecule has 2 fully saturated rings. The number of hydrogen-bond donors (Lipinski definition) is 0. The lowest BCUT2D eigenvalue weighted by molar-refractivity contribution is 0.0515. The van der Waals surface area contributed by atoms with E-state index in [9.17, 15) is 0 Å². The van der Waals surface area contributed by atoms with E-state index in [1.54, 1.807) is 13.2 Å². The van der Waals surface area contributed by atoms with Crippen LogP contribution in [-0.2, 0) is 4.74 Å². The molecule has 3 atom stereocenters. The smallest absolute Gasteiger partial charge is 0.188 e. The van der Waals surface area contributed by atoms with Crippen LogP contribution < -0.4 is 4.74 Å². The van der Waals surface area contributed by atoms with Crippen molar-refractivity contribution < 1.29 is 9.47 Å². The predicted molar refractivity (Wildman–Crippen MR) is 107 cm³/mol. The van der Waals surface area contributed by atoms with Crippen LogP contribution in [0.15, 0.2) is 30.6 Å². The highest BCUT2D eigenvalue weighted by molar-refractivity contribution is 6.30. The van der Waals surface area contributed by atoms with Gasteiger partial charge in [-0.3, -0.25) is 0 Å². The molecule has 0 spiro atoms. The highest BCUT2D eigenvalue weighted by Crippen LogP contribution is 2.47. The summed E-state index contributed by atoms with van der Waals surface area (Å²) in [6.45, 7) is 0.141. The van der Waals surface area contributed by atoms with Crippen molar-refractivity contribution >= 4 is 22.8 Å². The van der Waals surface area contributed by atoms with E-state index in [2.05, 4.69) is 19.7 Å². The standard InChI is InChI=1S/C21H23ClN4O2/c1-27-12-28-20-9-15(22)4-5-17(20)18-10-19-21(25-24-18)26(11-23-19)16-7-13-2-3-14(6-13)8-16/h4-5,9-11,13-14,16H,2-3,6-8,12H2,1H3/t13-,14?,16+/m0/s1. The Hall–Kier alpha value is -2.18. The van der Waals surface area contributed by atoms with Crippen molar-refractivity contribution in [1.82, 2.24) is 19.7 Å². The molecule has 2 aromatic heterocycles. The molecule has 1 aromatic carbocycles. The van der Waals surface area contributed by atoms with Gasteiger partial charge < -0.3 is 14.0 Å². The number of methoxy groups -OCH3 is 1. The van der Waals surface area contributed by atoms with E-state index in [0.29, 0.717) is 22.5 Å². The normalized spacial score (nSPS) is 24.0. The zero-order valence-electron chi connectivity index (χ0n) is 15.8. The van der Waals surface area contributed by atoms with Crippen LogP contribution >= 0.6 is 11.6 Å². The summed E-state index contributed by atoms with van der Waals surface area (Å²) in [6.07, 6.45) is 8.56. The Kier molecular flexibility index (Phi) is 4.69. The highest BCUT2D eigenvalue weighted by Gasteiger charge is 2.35. The molecule has 5 rings (SSSR count). The number of aromatic nitrogens is 4. The second kappa shape index (κ2) is 7.33. The summed E-state index contributed by atoms with van der Waals surface area (Å²) in [5.41, 5.74) is 3.25. The van der Waals surface area contributed by atoms with Crippen LogP contribution in [0.4, 0.5) is 0 Å². The van der Waals surface area contributed by atoms with Crippen LogP contribution in [0.25, 0.3) is 22.4 Å². The average molecular weight is 399 g/mol. The van der Waals surface area contributed by atoms with E-state index >= 15 is 0 Å². The van der Waals surface area contributed by atoms with Gasteiger partial charge in [0.2, 0.25) is 0 Å². The summed E-state index contributed by atoms with van der Waals surface area (Å²) in [6, 6.07) is 7.93. The van der Waals surface area contributed by atoms with Crippen LogP contribution in [0.3, 0.4) is 0 Å². The van der Waals surface area contributed by atoms with Crippen molar-refractivity contribution in [3.05, 3.63) is 35.6 Å². The first kappa shape index (κ1) is 17.9. The second-order valence-electron chi connectivity index (χ2n) is 7.95. The summed E-state index contributed by atoms with van der Waals surface area (Å²) in [5, 5.41) is 9.62. The van der Waals surface area contributed by atoms with Gasteiger partial charge in [0.1, 0.15) is 11.3 Å². The highest BCUT2D eigenvalue weighted by atomic mass is 35.5. The molecule has 0 N–H and O–H groups in total. The van der Waals surface area contributed by atoms with Crippen LogP contribution in [0.5, 0.6) is 5.75 Å². The molecular formula is C21H23ClN4O2. The number of imidazole rings is 1. The maximum Gasteiger partial charge on any atom is 0.188 e. The molecule has 2 bridgehead atoms. The molecule has 6 nitrogen and oxygen atoms in total. The Morgan fingerprint density at radius 2 is 1.93 bits per heavy atom. The van der Waals surface area contributed by atoms with Crippen LogP contribution in [0.2, 0.25) is 5.02 Å². The van der Waals surface area contributed by atoms with Gasteiger partial charge in [-0.1, -0.05) is 24.4 Å². The molecule has 0 radical (unpaired) electrons. The minimum atomic E-state index is 0.141. The largest absolute Gasteiger partial charge is 0.467 e. The van der Waals surface area contributed by atoms with Gasteiger partial charge in [0.05, 0.1) is 12.0 Å². The predicted octanol–water partition coefficient (Wildman–Crippen LogP) is 4.88. The number of halogens is 1. The van der Waals surface area contributed by atoms with E-state index in [0.717, 1.165) is 28.6 Å². The third-order valence-electron chi connectivity index (χ3n) is 6.13. The summed E-state index contributed by atoms with van der Waals surface area (Å²) in [7, 11) is 1.58. The van der Waals surface area contributed by atoms with Crippen molar-refractivity contribution in [3.8, 4) is 17.0 Å². The fourth-order valence-corrected chi connectivity index (χ4v) is 5.04. The number of ether oxygens (including phenoxy) is 2. The Balaban J connectivity index is 1.48. The zero-order chi connectivity index (χ0) is 19.1. The third kappa shape index (κ3) is 3.25. The number of fused-ring (bicyclic) bond motifs is 3. The van der Waals surface area contributed by atoms with E-state index in [1.165, 1.54) is 32.1 Å². The van der Waals surface area contributed by atoms with Crippen molar-refractivity contribution in [1.29, 1.82) is 0 Å². The second-order valence-corrected chi connectivity index (χ2v) is 8.39. The zero-order valence-corrected chi connectivity index (χ0v) is 16.6. The molecule has 2 aliphatic rings. The quantitative estimate of drug-likeness (QED) is 0.573. The Morgan fingerprint density at radius 3 is 2.71 bits per heavy atom. The monoisotopic (exact) mass is 398 g/mol. The van der Waals surface area contributed by atoms with Gasteiger partial charge in [0, 0.05) is 23.7 Å². The molecular weight excluding hydrogens is 376 g/mol. The lowest BCUT2D eigenvalue weighted by Crippen LogP contribution is -2.19. The molecule has 2 aliphatic carbocycles. The number of hydrogen-bond acceptors (Lipinski definition) is 5. The van der Waals surface area contributed by atoms with Gasteiger partial charge in [-0.15, -0.1) is 10.2 Å². The summed E-state index contributed by atoms with van der Waals surface area (Å²) in [5.74, 6) is 2.34. The lowest BCUT2D eigenvalue weighted by Gasteiger charge is -2.28. The van der Waals surface area contributed by atoms with Gasteiger partial charge in [0.25, 0.3) is 0 Å². The van der Waals surface area contributed by atoms with Crippen molar-refractivity contribution in [2.75, 3.05) is 13.9 Å². The molecule has 1 unspecified atom stereocenters. The molecule has 7 heteroatoms. The van der Waals surface area contributed by atoms with Gasteiger partial charge in [-0.25, -0.2) is 4.98 Å². The van der Waals surface area contributed by atoms with Crippen molar-refractivity contribution in [3.63, 3.8) is 0 Å². The van der Waals surface area contributed by atoms with Crippen molar-refractivity contribution in [2.45, 2.75) is 38.1 Å². The lowest BCUT2D eigenvalue weighted by atomic mass is 9.85. The topological polar surface area (TPSA) is 62.1 Å². The fraction of sp³-hybridized carbons (Fsp3) is 0.476. The van der Waals surface area contributed by atoms with Gasteiger partial charge in [-0.05, 0) is 55.4 Å². The minimum Gasteiger partial charge on any atom is -0.467 e. The maximum atomic E-state index is 6.12. The Labute approximate surface area is 168 Å². The first-order chi connectivity index (χ1) is 13.7. The third-order valence-corrected chi connectivity index (χ3v) is 6.36. The summed E-state index contributed by atoms with van der Waals surface area (Å²) < 4.78 is 12.9. The van der Waals surface area contributed by atoms with Crippen molar-refractivity contribution in [2.24, 2.45) is 11.8 Å². The SMILES string of the molecule is COCOc1cc(Cl)ccc1-c1cc2ncn([C@H]3CC4CC[C@@H](C4)C3)c2nn1. The number of benzene rings is 1. The van der Waals surface area contributed by atoms with Gasteiger partial charge in [0.15, 0.2) is 12.4 Å². The van der Waals surface area contributed by atoms with E-state index in [1.807, 2.05) is 24.5 Å². The molecule has 2 saturated carbocycles. The summed E-state index contributed by atoms with van der Waals surface area (Å²) >= 11 is 6.12. The summed E-state index contributed by atoms with van der Waals surface area (Å²) in [4.78, 5) is 4.63. The van der Waals surface area contributed by atoms with E-state index in [4.69, 9.17) is 21.1 Å². The molecule has 3 aromatic rings. The van der Waals surface area contributed by atoms with E-state index < -0.39 is 0 Å². The molecule has 0 aliphatic heterocycles. The maximum absolute atomic E-state index is 6.12. The van der Waals surface area contributed by atoms with Gasteiger partial charge >= 0.3 is 0 Å². The van der Waals surface area contributed by atoms with Crippen LogP contribution in [0, 0.1) is 11.8 Å². The molecule has 146 valence electrons. The minimum absolute atomic E-state index is 0.141. The van der Waals surface area contributed by atoms with Crippen LogP contribution in [-0.4, -0.2) is 33.7 Å². The Bertz CT molecular complexity index is 993. The molecule has 0 amide bonds. The van der Waals surface area contributed by atoms with E-state index in [-0.39, 0.29) is 6.79 Å². The molecule has 0 saturated heterocycles. The molecule has 28 heavy (non-hydrogen) atoms. The van der Waals surface area contributed by atoms with Gasteiger partial charge in [-0.2, -0.15) is 0 Å². The Morgan fingerprint density at radius 1 is 1.11 bits per heavy atom. The first-order valence-corrected chi connectivity index (χ1v) is 10.2. The van der Waals surface area contributed by atoms with Crippen LogP contribution in [0.1, 0.15) is 38.1 Å². The molecule has 2 heterocycles. The average Bonchev–Trinajstić information content (AvgIpc) is 3.28. The number of rotatable bonds is 5.